The van der Waals surface area contributed by atoms with E-state index in [-0.39, 0.29) is 5.38 Å². The number of aryl methyl sites for hydroxylation is 3. The highest BCUT2D eigenvalue weighted by Gasteiger charge is 2.15. The van der Waals surface area contributed by atoms with Gasteiger partial charge in [-0.05, 0) is 25.5 Å². The van der Waals surface area contributed by atoms with Gasteiger partial charge in [-0.2, -0.15) is 0 Å². The van der Waals surface area contributed by atoms with Gasteiger partial charge in [-0.15, -0.1) is 16.7 Å². The number of rotatable bonds is 4. The number of nitrogens with zero attached hydrogens (tertiary/aromatic N) is 5. The van der Waals surface area contributed by atoms with Crippen LogP contribution in [0.3, 0.4) is 0 Å². The molecule has 3 rings (SSSR count). The molecule has 0 amide bonds. The van der Waals surface area contributed by atoms with Crippen LogP contribution in [0.1, 0.15) is 23.7 Å². The van der Waals surface area contributed by atoms with Gasteiger partial charge in [-0.25, -0.2) is 4.98 Å². The summed E-state index contributed by atoms with van der Waals surface area (Å²) in [6.07, 6.45) is 3.54. The topological polar surface area (TPSA) is 48.5 Å². The summed E-state index contributed by atoms with van der Waals surface area (Å²) in [6, 6.07) is 6.20. The molecule has 0 saturated carbocycles. The minimum absolute atomic E-state index is 0.127. The van der Waals surface area contributed by atoms with Gasteiger partial charge in [0.05, 0.1) is 29.2 Å². The minimum Gasteiger partial charge on any atom is -0.325 e. The lowest BCUT2D eigenvalue weighted by molar-refractivity contribution is 0.515. The van der Waals surface area contributed by atoms with E-state index in [9.17, 15) is 0 Å². The van der Waals surface area contributed by atoms with Crippen molar-refractivity contribution in [2.24, 2.45) is 0 Å². The number of hydrogen-bond donors (Lipinski definition) is 0. The van der Waals surface area contributed by atoms with Gasteiger partial charge in [-0.1, -0.05) is 17.3 Å². The maximum atomic E-state index is 6.27. The summed E-state index contributed by atoms with van der Waals surface area (Å²) < 4.78 is 3.98. The Labute approximate surface area is 122 Å². The van der Waals surface area contributed by atoms with Crippen LogP contribution >= 0.6 is 11.6 Å². The zero-order valence-electron chi connectivity index (χ0n) is 11.5. The number of alkyl halides is 1. The molecule has 1 atom stereocenters. The summed E-state index contributed by atoms with van der Waals surface area (Å²) in [5.41, 5.74) is 3.31. The number of halogens is 1. The van der Waals surface area contributed by atoms with Crippen LogP contribution < -0.4 is 0 Å². The van der Waals surface area contributed by atoms with E-state index in [0.717, 1.165) is 29.9 Å². The highest BCUT2D eigenvalue weighted by atomic mass is 35.5. The molecule has 0 aliphatic heterocycles. The zero-order chi connectivity index (χ0) is 14.1. The smallest absolute Gasteiger partial charge is 0.127 e. The van der Waals surface area contributed by atoms with Gasteiger partial charge in [0.1, 0.15) is 5.82 Å². The summed E-state index contributed by atoms with van der Waals surface area (Å²) in [7, 11) is 0. The van der Waals surface area contributed by atoms with Crippen molar-refractivity contribution in [3.05, 3.63) is 42.0 Å². The first-order valence-corrected chi connectivity index (χ1v) is 7.04. The van der Waals surface area contributed by atoms with Crippen LogP contribution in [0.2, 0.25) is 0 Å². The van der Waals surface area contributed by atoms with Crippen molar-refractivity contribution in [1.29, 1.82) is 0 Å². The molecule has 5 nitrogen and oxygen atoms in total. The van der Waals surface area contributed by atoms with Crippen LogP contribution in [0.4, 0.5) is 0 Å². The van der Waals surface area contributed by atoms with Gasteiger partial charge in [0.15, 0.2) is 0 Å². The number of fused-ring (bicyclic) bond motifs is 1. The van der Waals surface area contributed by atoms with Crippen molar-refractivity contribution in [3.63, 3.8) is 0 Å². The number of imidazole rings is 1. The van der Waals surface area contributed by atoms with Gasteiger partial charge in [-0.3, -0.25) is 4.68 Å². The maximum absolute atomic E-state index is 6.27. The molecule has 0 N–H and O–H groups in total. The second-order valence-electron chi connectivity index (χ2n) is 4.85. The average Bonchev–Trinajstić information content (AvgIpc) is 3.03. The molecule has 0 fully saturated rings. The highest BCUT2D eigenvalue weighted by molar-refractivity contribution is 6.20. The lowest BCUT2D eigenvalue weighted by Gasteiger charge is -2.10. The molecule has 0 bridgehead atoms. The van der Waals surface area contributed by atoms with Crippen LogP contribution in [-0.4, -0.2) is 24.5 Å². The first-order valence-electron chi connectivity index (χ1n) is 6.60. The second kappa shape index (κ2) is 5.25. The van der Waals surface area contributed by atoms with Gasteiger partial charge in [0.25, 0.3) is 0 Å². The molecule has 0 aliphatic rings. The fourth-order valence-corrected chi connectivity index (χ4v) is 2.56. The monoisotopic (exact) mass is 289 g/mol. The normalized spacial score (nSPS) is 12.9. The van der Waals surface area contributed by atoms with Crippen molar-refractivity contribution < 1.29 is 0 Å². The van der Waals surface area contributed by atoms with E-state index in [1.165, 1.54) is 5.56 Å². The molecule has 2 aromatic heterocycles. The standard InChI is InChI=1S/C14H16ClN5/c1-10-4-3-5-12-13(10)17-14(11(2)15)20(12)9-8-19-7-6-16-18-19/h3-7,11H,8-9H2,1-2H3. The van der Waals surface area contributed by atoms with Gasteiger partial charge in [0, 0.05) is 12.7 Å². The Morgan fingerprint density at radius 2 is 2.15 bits per heavy atom. The highest BCUT2D eigenvalue weighted by Crippen LogP contribution is 2.26. The molecule has 6 heteroatoms. The third-order valence-corrected chi connectivity index (χ3v) is 3.59. The Hall–Kier alpha value is -1.88. The Balaban J connectivity index is 2.02. The molecule has 0 aliphatic carbocycles. The lowest BCUT2D eigenvalue weighted by Crippen LogP contribution is -2.11. The van der Waals surface area contributed by atoms with Crippen molar-refractivity contribution >= 4 is 22.6 Å². The Morgan fingerprint density at radius 1 is 1.30 bits per heavy atom. The molecule has 20 heavy (non-hydrogen) atoms. The average molecular weight is 290 g/mol. The third-order valence-electron chi connectivity index (χ3n) is 3.39. The van der Waals surface area contributed by atoms with Crippen LogP contribution in [0, 0.1) is 6.92 Å². The summed E-state index contributed by atoms with van der Waals surface area (Å²) in [5.74, 6) is 0.899. The summed E-state index contributed by atoms with van der Waals surface area (Å²) >= 11 is 6.27. The van der Waals surface area contributed by atoms with Gasteiger partial charge in [0.2, 0.25) is 0 Å². The van der Waals surface area contributed by atoms with Crippen molar-refractivity contribution in [3.8, 4) is 0 Å². The van der Waals surface area contributed by atoms with E-state index in [1.54, 1.807) is 6.20 Å². The van der Waals surface area contributed by atoms with E-state index in [2.05, 4.69) is 33.9 Å². The molecule has 3 aromatic rings. The van der Waals surface area contributed by atoms with Crippen LogP contribution in [0.25, 0.3) is 11.0 Å². The first kappa shape index (κ1) is 13.1. The Morgan fingerprint density at radius 3 is 2.85 bits per heavy atom. The van der Waals surface area contributed by atoms with E-state index < -0.39 is 0 Å². The van der Waals surface area contributed by atoms with E-state index in [0.29, 0.717) is 0 Å². The molecule has 2 heterocycles. The Bertz CT molecular complexity index is 715. The quantitative estimate of drug-likeness (QED) is 0.694. The SMILES string of the molecule is Cc1cccc2c1nc(C(C)Cl)n2CCn1ccnn1. The summed E-state index contributed by atoms with van der Waals surface area (Å²) in [4.78, 5) is 4.70. The molecule has 0 radical (unpaired) electrons. The third kappa shape index (κ3) is 2.29. The largest absolute Gasteiger partial charge is 0.325 e. The van der Waals surface area contributed by atoms with Crippen molar-refractivity contribution in [1.82, 2.24) is 24.5 Å². The number of para-hydroxylation sites is 1. The Kier molecular flexibility index (Phi) is 3.44. The molecular weight excluding hydrogens is 274 g/mol. The molecule has 0 saturated heterocycles. The maximum Gasteiger partial charge on any atom is 0.127 e. The minimum atomic E-state index is -0.127. The van der Waals surface area contributed by atoms with Crippen LogP contribution in [-0.2, 0) is 13.1 Å². The zero-order valence-corrected chi connectivity index (χ0v) is 12.2. The molecule has 1 unspecified atom stereocenters. The number of aromatic nitrogens is 5. The summed E-state index contributed by atoms with van der Waals surface area (Å²) in [5, 5.41) is 7.68. The first-order chi connectivity index (χ1) is 9.66. The predicted molar refractivity (Wildman–Crippen MR) is 78.8 cm³/mol. The van der Waals surface area contributed by atoms with E-state index in [4.69, 9.17) is 16.6 Å². The lowest BCUT2D eigenvalue weighted by atomic mass is 10.2. The molecule has 1 aromatic carbocycles. The molecule has 0 spiro atoms. The van der Waals surface area contributed by atoms with Crippen molar-refractivity contribution in [2.75, 3.05) is 0 Å². The molecular formula is C14H16ClN5. The predicted octanol–water partition coefficient (Wildman–Crippen LogP) is 2.94. The fourth-order valence-electron chi connectivity index (χ4n) is 2.40. The van der Waals surface area contributed by atoms with E-state index >= 15 is 0 Å². The second-order valence-corrected chi connectivity index (χ2v) is 5.50. The summed E-state index contributed by atoms with van der Waals surface area (Å²) in [6.45, 7) is 5.54. The molecule has 104 valence electrons. The van der Waals surface area contributed by atoms with Crippen LogP contribution in [0.5, 0.6) is 0 Å². The van der Waals surface area contributed by atoms with E-state index in [1.807, 2.05) is 23.9 Å². The van der Waals surface area contributed by atoms with Gasteiger partial charge < -0.3 is 4.57 Å². The van der Waals surface area contributed by atoms with Crippen LogP contribution in [0.15, 0.2) is 30.6 Å². The van der Waals surface area contributed by atoms with Gasteiger partial charge >= 0.3 is 0 Å². The number of hydrogen-bond acceptors (Lipinski definition) is 3. The number of benzene rings is 1. The van der Waals surface area contributed by atoms with Crippen molar-refractivity contribution in [2.45, 2.75) is 32.3 Å². The fraction of sp³-hybridized carbons (Fsp3) is 0.357.